The van der Waals surface area contributed by atoms with Gasteiger partial charge in [0.1, 0.15) is 0 Å². The highest BCUT2D eigenvalue weighted by atomic mass is 16.1. The zero-order chi connectivity index (χ0) is 11.3. The van der Waals surface area contributed by atoms with Crippen LogP contribution in [0.15, 0.2) is 24.3 Å². The summed E-state index contributed by atoms with van der Waals surface area (Å²) in [6.07, 6.45) is -0.149. The number of ketones is 1. The Morgan fingerprint density at radius 3 is 2.80 bits per heavy atom. The highest BCUT2D eigenvalue weighted by Gasteiger charge is 2.05. The van der Waals surface area contributed by atoms with E-state index in [1.54, 1.807) is 30.3 Å². The molecule has 0 aliphatic carbocycles. The predicted molar refractivity (Wildman–Crippen MR) is 55.3 cm³/mol. The Morgan fingerprint density at radius 1 is 1.47 bits per heavy atom. The second-order valence-electron chi connectivity index (χ2n) is 3.02. The fraction of sp³-hybridized carbons (Fsp3) is 0.182. The molecule has 0 spiro atoms. The summed E-state index contributed by atoms with van der Waals surface area (Å²) < 4.78 is 0. The van der Waals surface area contributed by atoms with Crippen molar-refractivity contribution in [2.75, 3.05) is 5.32 Å². The summed E-state index contributed by atoms with van der Waals surface area (Å²) in [6, 6.07) is 8.31. The lowest BCUT2D eigenvalue weighted by molar-refractivity contribution is -0.114. The quantitative estimate of drug-likeness (QED) is 0.759. The molecule has 76 valence electrons. The second kappa shape index (κ2) is 4.91. The van der Waals surface area contributed by atoms with Crippen LogP contribution in [0.2, 0.25) is 0 Å². The molecular weight excluding hydrogens is 192 g/mol. The predicted octanol–water partition coefficient (Wildman–Crippen LogP) is 1.74. The summed E-state index contributed by atoms with van der Waals surface area (Å²) in [5.41, 5.74) is 0.995. The lowest BCUT2D eigenvalue weighted by Gasteiger charge is -2.03. The molecule has 0 radical (unpaired) electrons. The molecule has 0 atom stereocenters. The van der Waals surface area contributed by atoms with Crippen LogP contribution in [-0.2, 0) is 4.79 Å². The van der Waals surface area contributed by atoms with Gasteiger partial charge >= 0.3 is 0 Å². The first kappa shape index (κ1) is 10.9. The van der Waals surface area contributed by atoms with Crippen molar-refractivity contribution >= 4 is 17.4 Å². The number of rotatable bonds is 3. The molecule has 0 saturated carbocycles. The number of amides is 1. The fourth-order valence-corrected chi connectivity index (χ4v) is 1.15. The molecule has 15 heavy (non-hydrogen) atoms. The summed E-state index contributed by atoms with van der Waals surface area (Å²) in [5, 5.41) is 10.9. The molecule has 4 heteroatoms. The third-order valence-electron chi connectivity index (χ3n) is 1.74. The molecule has 0 aliphatic rings. The lowest BCUT2D eigenvalue weighted by Crippen LogP contribution is -2.06. The largest absolute Gasteiger partial charge is 0.326 e. The van der Waals surface area contributed by atoms with Crippen LogP contribution in [0.5, 0.6) is 0 Å². The molecule has 0 saturated heterocycles. The molecular formula is C11H10N2O2. The van der Waals surface area contributed by atoms with Crippen LogP contribution < -0.4 is 5.32 Å². The van der Waals surface area contributed by atoms with Gasteiger partial charge in [0.15, 0.2) is 5.78 Å². The summed E-state index contributed by atoms with van der Waals surface area (Å²) in [6.45, 7) is 1.39. The number of carbonyl (C=O) groups is 2. The van der Waals surface area contributed by atoms with Gasteiger partial charge in [-0.1, -0.05) is 12.1 Å². The van der Waals surface area contributed by atoms with Crippen molar-refractivity contribution in [2.24, 2.45) is 0 Å². The number of carbonyl (C=O) groups excluding carboxylic acids is 2. The molecule has 0 bridgehead atoms. The van der Waals surface area contributed by atoms with E-state index in [-0.39, 0.29) is 18.1 Å². The van der Waals surface area contributed by atoms with E-state index in [0.717, 1.165) is 0 Å². The van der Waals surface area contributed by atoms with Gasteiger partial charge in [0.2, 0.25) is 5.91 Å². The monoisotopic (exact) mass is 202 g/mol. The van der Waals surface area contributed by atoms with Crippen molar-refractivity contribution < 1.29 is 9.59 Å². The van der Waals surface area contributed by atoms with Gasteiger partial charge < -0.3 is 5.32 Å². The van der Waals surface area contributed by atoms with Crippen molar-refractivity contribution in [3.63, 3.8) is 0 Å². The SMILES string of the molecule is CC(=O)Nc1cccc(C(=O)CC#N)c1. The molecule has 0 aromatic heterocycles. The van der Waals surface area contributed by atoms with Gasteiger partial charge in [-0.15, -0.1) is 0 Å². The molecule has 0 fully saturated rings. The number of hydrogen-bond acceptors (Lipinski definition) is 3. The number of anilines is 1. The Balaban J connectivity index is 2.88. The topological polar surface area (TPSA) is 70.0 Å². The standard InChI is InChI=1S/C11H10N2O2/c1-8(14)13-10-4-2-3-9(7-10)11(15)5-6-12/h2-4,7H,5H2,1H3,(H,13,14). The molecule has 1 N–H and O–H groups in total. The van der Waals surface area contributed by atoms with Gasteiger partial charge in [0, 0.05) is 18.2 Å². The number of Topliss-reactive ketones (excluding diaryl/α,β-unsaturated/α-hetero) is 1. The van der Waals surface area contributed by atoms with Gasteiger partial charge in [-0.2, -0.15) is 5.26 Å². The van der Waals surface area contributed by atoms with Crippen LogP contribution in [0, 0.1) is 11.3 Å². The Morgan fingerprint density at radius 2 is 2.20 bits per heavy atom. The number of hydrogen-bond donors (Lipinski definition) is 1. The maximum atomic E-state index is 11.3. The van der Waals surface area contributed by atoms with Crippen molar-refractivity contribution in [3.05, 3.63) is 29.8 Å². The number of benzene rings is 1. The Hall–Kier alpha value is -2.15. The van der Waals surface area contributed by atoms with Crippen LogP contribution in [-0.4, -0.2) is 11.7 Å². The van der Waals surface area contributed by atoms with Crippen LogP contribution in [0.1, 0.15) is 23.7 Å². The van der Waals surface area contributed by atoms with Crippen LogP contribution >= 0.6 is 0 Å². The van der Waals surface area contributed by atoms with E-state index in [2.05, 4.69) is 5.32 Å². The summed E-state index contributed by atoms with van der Waals surface area (Å²) in [4.78, 5) is 22.1. The molecule has 0 unspecified atom stereocenters. The summed E-state index contributed by atoms with van der Waals surface area (Å²) in [5.74, 6) is -0.440. The smallest absolute Gasteiger partial charge is 0.221 e. The van der Waals surface area contributed by atoms with Crippen molar-refractivity contribution in [1.82, 2.24) is 0 Å². The maximum absolute atomic E-state index is 11.3. The van der Waals surface area contributed by atoms with Crippen LogP contribution in [0.25, 0.3) is 0 Å². The van der Waals surface area contributed by atoms with Gasteiger partial charge in [-0.3, -0.25) is 9.59 Å². The van der Waals surface area contributed by atoms with Gasteiger partial charge in [0.25, 0.3) is 0 Å². The lowest BCUT2D eigenvalue weighted by atomic mass is 10.1. The van der Waals surface area contributed by atoms with Gasteiger partial charge in [0.05, 0.1) is 12.5 Å². The van der Waals surface area contributed by atoms with E-state index >= 15 is 0 Å². The van der Waals surface area contributed by atoms with Crippen LogP contribution in [0.3, 0.4) is 0 Å². The minimum atomic E-state index is -0.246. The first-order valence-electron chi connectivity index (χ1n) is 4.41. The number of nitrogens with one attached hydrogen (secondary N) is 1. The Bertz CT molecular complexity index is 432. The Kier molecular flexibility index (Phi) is 3.58. The highest BCUT2D eigenvalue weighted by Crippen LogP contribution is 2.12. The molecule has 1 aromatic carbocycles. The molecule has 0 heterocycles. The molecule has 1 aromatic rings. The molecule has 4 nitrogen and oxygen atoms in total. The van der Waals surface area contributed by atoms with E-state index < -0.39 is 0 Å². The van der Waals surface area contributed by atoms with Crippen molar-refractivity contribution in [1.29, 1.82) is 5.26 Å². The fourth-order valence-electron chi connectivity index (χ4n) is 1.15. The number of nitrogens with zero attached hydrogens (tertiary/aromatic N) is 1. The maximum Gasteiger partial charge on any atom is 0.221 e. The normalized spacial score (nSPS) is 9.07. The average Bonchev–Trinajstić information content (AvgIpc) is 2.17. The zero-order valence-corrected chi connectivity index (χ0v) is 8.28. The van der Waals surface area contributed by atoms with Crippen molar-refractivity contribution in [3.8, 4) is 6.07 Å². The first-order valence-corrected chi connectivity index (χ1v) is 4.41. The van der Waals surface area contributed by atoms with Gasteiger partial charge in [-0.25, -0.2) is 0 Å². The van der Waals surface area contributed by atoms with Crippen molar-refractivity contribution in [2.45, 2.75) is 13.3 Å². The van der Waals surface area contributed by atoms with Crippen LogP contribution in [0.4, 0.5) is 5.69 Å². The first-order chi connectivity index (χ1) is 7.13. The minimum absolute atomic E-state index is 0.149. The average molecular weight is 202 g/mol. The van der Waals surface area contributed by atoms with Gasteiger partial charge in [-0.05, 0) is 12.1 Å². The van der Waals surface area contributed by atoms with E-state index in [1.807, 2.05) is 0 Å². The zero-order valence-electron chi connectivity index (χ0n) is 8.28. The highest BCUT2D eigenvalue weighted by molar-refractivity contribution is 5.99. The molecule has 0 aliphatic heterocycles. The van der Waals surface area contributed by atoms with E-state index in [0.29, 0.717) is 11.3 Å². The second-order valence-corrected chi connectivity index (χ2v) is 3.02. The molecule has 1 rings (SSSR count). The third kappa shape index (κ3) is 3.24. The Labute approximate surface area is 87.5 Å². The minimum Gasteiger partial charge on any atom is -0.326 e. The summed E-state index contributed by atoms with van der Waals surface area (Å²) >= 11 is 0. The molecule has 1 amide bonds. The van der Waals surface area contributed by atoms with E-state index in [4.69, 9.17) is 5.26 Å². The van der Waals surface area contributed by atoms with E-state index in [1.165, 1.54) is 6.92 Å². The summed E-state index contributed by atoms with van der Waals surface area (Å²) in [7, 11) is 0. The number of nitriles is 1. The van der Waals surface area contributed by atoms with E-state index in [9.17, 15) is 9.59 Å². The third-order valence-corrected chi connectivity index (χ3v) is 1.74.